The molecule has 13 heavy (non-hydrogen) atoms. The van der Waals surface area contributed by atoms with Gasteiger partial charge >= 0.3 is 0 Å². The predicted molar refractivity (Wildman–Crippen MR) is 50.3 cm³/mol. The second kappa shape index (κ2) is 3.49. The van der Waals surface area contributed by atoms with Crippen molar-refractivity contribution in [2.24, 2.45) is 0 Å². The number of halogens is 1. The van der Waals surface area contributed by atoms with Gasteiger partial charge in [0.1, 0.15) is 5.15 Å². The van der Waals surface area contributed by atoms with Gasteiger partial charge in [0, 0.05) is 24.2 Å². The molecular weight excluding hydrogens is 186 g/mol. The molecule has 0 bridgehead atoms. The minimum Gasteiger partial charge on any atom is -0.244 e. The lowest BCUT2D eigenvalue weighted by molar-refractivity contribution is 1.16. The van der Waals surface area contributed by atoms with Crippen molar-refractivity contribution in [2.75, 3.05) is 0 Å². The van der Waals surface area contributed by atoms with E-state index in [2.05, 4.69) is 15.0 Å². The van der Waals surface area contributed by atoms with Crippen LogP contribution < -0.4 is 0 Å². The van der Waals surface area contributed by atoms with E-state index in [0.717, 1.165) is 5.56 Å². The van der Waals surface area contributed by atoms with Crippen LogP contribution in [0.15, 0.2) is 36.8 Å². The molecule has 0 N–H and O–H groups in total. The van der Waals surface area contributed by atoms with Gasteiger partial charge in [-0.1, -0.05) is 11.6 Å². The second-order valence-corrected chi connectivity index (χ2v) is 2.83. The highest BCUT2D eigenvalue weighted by Gasteiger charge is 1.98. The van der Waals surface area contributed by atoms with Gasteiger partial charge in [-0.15, -0.1) is 0 Å². The van der Waals surface area contributed by atoms with Crippen LogP contribution in [-0.4, -0.2) is 15.0 Å². The fourth-order valence-corrected chi connectivity index (χ4v) is 1.07. The molecule has 0 aliphatic carbocycles. The highest BCUT2D eigenvalue weighted by molar-refractivity contribution is 6.29. The van der Waals surface area contributed by atoms with Crippen molar-refractivity contribution < 1.29 is 0 Å². The maximum absolute atomic E-state index is 5.65. The molecule has 0 amide bonds. The predicted octanol–water partition coefficient (Wildman–Crippen LogP) is 2.19. The fourth-order valence-electron chi connectivity index (χ4n) is 0.956. The molecule has 0 atom stereocenters. The first-order chi connectivity index (χ1) is 6.36. The number of hydrogen-bond acceptors (Lipinski definition) is 3. The van der Waals surface area contributed by atoms with Crippen LogP contribution in [0.5, 0.6) is 0 Å². The summed E-state index contributed by atoms with van der Waals surface area (Å²) < 4.78 is 0. The normalized spacial score (nSPS) is 9.92. The minimum absolute atomic E-state index is 0.472. The van der Waals surface area contributed by atoms with Gasteiger partial charge in [0.05, 0.1) is 0 Å². The largest absolute Gasteiger partial charge is 0.244 e. The van der Waals surface area contributed by atoms with Gasteiger partial charge in [-0.25, -0.2) is 15.0 Å². The molecule has 0 fully saturated rings. The van der Waals surface area contributed by atoms with Crippen LogP contribution in [0.4, 0.5) is 0 Å². The Hall–Kier alpha value is -1.48. The molecule has 0 unspecified atom stereocenters. The molecule has 2 heterocycles. The summed E-state index contributed by atoms with van der Waals surface area (Å²) in [5.74, 6) is 0.659. The van der Waals surface area contributed by atoms with E-state index in [4.69, 9.17) is 11.6 Å². The Morgan fingerprint density at radius 3 is 2.38 bits per heavy atom. The lowest BCUT2D eigenvalue weighted by Crippen LogP contribution is -1.87. The van der Waals surface area contributed by atoms with Crippen LogP contribution in [0.25, 0.3) is 11.4 Å². The summed E-state index contributed by atoms with van der Waals surface area (Å²) in [4.78, 5) is 12.1. The summed E-state index contributed by atoms with van der Waals surface area (Å²) in [6.07, 6.45) is 5.03. The zero-order chi connectivity index (χ0) is 9.10. The van der Waals surface area contributed by atoms with Crippen LogP contribution in [0.1, 0.15) is 0 Å². The number of rotatable bonds is 1. The molecule has 0 aliphatic heterocycles. The van der Waals surface area contributed by atoms with Crippen molar-refractivity contribution >= 4 is 11.6 Å². The quantitative estimate of drug-likeness (QED) is 0.649. The van der Waals surface area contributed by atoms with Gasteiger partial charge in [-0.2, -0.15) is 0 Å². The van der Waals surface area contributed by atoms with E-state index in [1.807, 2.05) is 6.07 Å². The van der Waals surface area contributed by atoms with Crippen molar-refractivity contribution in [3.8, 4) is 11.4 Å². The third-order valence-corrected chi connectivity index (χ3v) is 1.77. The van der Waals surface area contributed by atoms with E-state index < -0.39 is 0 Å². The molecule has 64 valence electrons. The number of nitrogens with zero attached hydrogens (tertiary/aromatic N) is 3. The molecule has 0 spiro atoms. The molecule has 0 radical (unpaired) electrons. The molecule has 0 saturated heterocycles. The smallest absolute Gasteiger partial charge is 0.160 e. The van der Waals surface area contributed by atoms with Crippen LogP contribution in [0.2, 0.25) is 5.15 Å². The van der Waals surface area contributed by atoms with Crippen LogP contribution >= 0.6 is 11.6 Å². The van der Waals surface area contributed by atoms with Gasteiger partial charge in [0.2, 0.25) is 0 Å². The van der Waals surface area contributed by atoms with E-state index in [1.165, 1.54) is 0 Å². The van der Waals surface area contributed by atoms with E-state index in [-0.39, 0.29) is 0 Å². The third-order valence-electron chi connectivity index (χ3n) is 1.55. The van der Waals surface area contributed by atoms with Gasteiger partial charge in [-0.05, 0) is 18.2 Å². The van der Waals surface area contributed by atoms with Crippen LogP contribution in [-0.2, 0) is 0 Å². The Labute approximate surface area is 80.5 Å². The molecule has 2 aromatic rings. The monoisotopic (exact) mass is 191 g/mol. The molecule has 3 nitrogen and oxygen atoms in total. The molecule has 0 aliphatic rings. The van der Waals surface area contributed by atoms with Crippen molar-refractivity contribution in [1.82, 2.24) is 15.0 Å². The standard InChI is InChI=1S/C9H6ClN3/c10-8-3-2-7(6-13-8)9-11-4-1-5-12-9/h1-6H. The van der Waals surface area contributed by atoms with E-state index in [0.29, 0.717) is 11.0 Å². The summed E-state index contributed by atoms with van der Waals surface area (Å²) in [6.45, 7) is 0. The average Bonchev–Trinajstić information content (AvgIpc) is 2.20. The van der Waals surface area contributed by atoms with Gasteiger partial charge < -0.3 is 0 Å². The lowest BCUT2D eigenvalue weighted by atomic mass is 10.3. The fraction of sp³-hybridized carbons (Fsp3) is 0. The first kappa shape index (κ1) is 8.13. The summed E-state index contributed by atoms with van der Waals surface area (Å²) in [5.41, 5.74) is 0.866. The van der Waals surface area contributed by atoms with Crippen LogP contribution in [0, 0.1) is 0 Å². The molecule has 0 aromatic carbocycles. The van der Waals surface area contributed by atoms with Crippen molar-refractivity contribution in [2.45, 2.75) is 0 Å². The molecule has 0 saturated carbocycles. The van der Waals surface area contributed by atoms with Gasteiger partial charge in [0.25, 0.3) is 0 Å². The van der Waals surface area contributed by atoms with E-state index in [9.17, 15) is 0 Å². The molecular formula is C9H6ClN3. The van der Waals surface area contributed by atoms with Gasteiger partial charge in [-0.3, -0.25) is 0 Å². The summed E-state index contributed by atoms with van der Waals surface area (Å²) >= 11 is 5.65. The third kappa shape index (κ3) is 1.81. The Kier molecular flexibility index (Phi) is 2.19. The summed E-state index contributed by atoms with van der Waals surface area (Å²) in [5, 5.41) is 0.472. The maximum Gasteiger partial charge on any atom is 0.160 e. The Morgan fingerprint density at radius 2 is 1.77 bits per heavy atom. The Balaban J connectivity index is 2.42. The minimum atomic E-state index is 0.472. The second-order valence-electron chi connectivity index (χ2n) is 2.44. The topological polar surface area (TPSA) is 38.7 Å². The number of pyridine rings is 1. The number of aromatic nitrogens is 3. The molecule has 2 rings (SSSR count). The van der Waals surface area contributed by atoms with Gasteiger partial charge in [0.15, 0.2) is 5.82 Å². The highest BCUT2D eigenvalue weighted by Crippen LogP contribution is 2.13. The summed E-state index contributed by atoms with van der Waals surface area (Å²) in [7, 11) is 0. The lowest BCUT2D eigenvalue weighted by Gasteiger charge is -1.97. The zero-order valence-corrected chi connectivity index (χ0v) is 7.44. The SMILES string of the molecule is Clc1ccc(-c2ncccn2)cn1. The Morgan fingerprint density at radius 1 is 1.00 bits per heavy atom. The van der Waals surface area contributed by atoms with Crippen molar-refractivity contribution in [3.05, 3.63) is 41.9 Å². The summed E-state index contributed by atoms with van der Waals surface area (Å²) in [6, 6.07) is 5.32. The Bertz CT molecular complexity index is 385. The maximum atomic E-state index is 5.65. The first-order valence-electron chi connectivity index (χ1n) is 3.75. The first-order valence-corrected chi connectivity index (χ1v) is 4.13. The molecule has 4 heteroatoms. The van der Waals surface area contributed by atoms with Crippen LogP contribution in [0.3, 0.4) is 0 Å². The zero-order valence-electron chi connectivity index (χ0n) is 6.68. The average molecular weight is 192 g/mol. The number of hydrogen-bond donors (Lipinski definition) is 0. The van der Waals surface area contributed by atoms with E-state index in [1.54, 1.807) is 30.7 Å². The molecule has 2 aromatic heterocycles. The van der Waals surface area contributed by atoms with Crippen molar-refractivity contribution in [1.29, 1.82) is 0 Å². The van der Waals surface area contributed by atoms with Crippen molar-refractivity contribution in [3.63, 3.8) is 0 Å². The highest BCUT2D eigenvalue weighted by atomic mass is 35.5. The van der Waals surface area contributed by atoms with E-state index >= 15 is 0 Å².